The quantitative estimate of drug-likeness (QED) is 0.286. The molecule has 3 nitrogen and oxygen atoms in total. The molecule has 2 aromatic carbocycles. The molecule has 2 aromatic rings. The average molecular weight is 455 g/mol. The standard InChI is InChI=1S/C30H46O3/c1-9-21-33-30(7,8)20-19-29(5,6)25-13-17-27(18-14-25)32-23-10-22-31-26-15-11-24(12-16-26)28(2,3)4/h11-18H,9-10,19-23H2,1-8H3. The molecule has 0 fully saturated rings. The molecule has 0 atom stereocenters. The van der Waals surface area contributed by atoms with Gasteiger partial charge in [0.2, 0.25) is 0 Å². The number of hydrogen-bond donors (Lipinski definition) is 0. The molecule has 0 aliphatic carbocycles. The minimum atomic E-state index is -0.0764. The Labute approximate surface area is 202 Å². The second-order valence-electron chi connectivity index (χ2n) is 11.3. The summed E-state index contributed by atoms with van der Waals surface area (Å²) in [6, 6.07) is 17.0. The van der Waals surface area contributed by atoms with Gasteiger partial charge in [0.25, 0.3) is 0 Å². The van der Waals surface area contributed by atoms with Crippen LogP contribution in [0, 0.1) is 0 Å². The monoisotopic (exact) mass is 454 g/mol. The highest BCUT2D eigenvalue weighted by Crippen LogP contribution is 2.33. The molecule has 33 heavy (non-hydrogen) atoms. The molecule has 0 unspecified atom stereocenters. The topological polar surface area (TPSA) is 27.7 Å². The van der Waals surface area contributed by atoms with Crippen LogP contribution in [0.5, 0.6) is 11.5 Å². The van der Waals surface area contributed by atoms with Crippen molar-refractivity contribution in [2.45, 2.75) is 97.5 Å². The van der Waals surface area contributed by atoms with E-state index in [1.807, 2.05) is 0 Å². The van der Waals surface area contributed by atoms with E-state index in [0.29, 0.717) is 13.2 Å². The van der Waals surface area contributed by atoms with E-state index in [1.54, 1.807) is 0 Å². The Kier molecular flexibility index (Phi) is 9.84. The average Bonchev–Trinajstić information content (AvgIpc) is 2.76. The van der Waals surface area contributed by atoms with Gasteiger partial charge >= 0.3 is 0 Å². The molecular weight excluding hydrogens is 408 g/mol. The fourth-order valence-corrected chi connectivity index (χ4v) is 3.70. The fourth-order valence-electron chi connectivity index (χ4n) is 3.70. The summed E-state index contributed by atoms with van der Waals surface area (Å²) in [5.74, 6) is 1.83. The summed E-state index contributed by atoms with van der Waals surface area (Å²) in [7, 11) is 0. The number of benzene rings is 2. The lowest BCUT2D eigenvalue weighted by Gasteiger charge is -2.32. The maximum Gasteiger partial charge on any atom is 0.119 e. The van der Waals surface area contributed by atoms with Gasteiger partial charge in [-0.05, 0) is 79.3 Å². The molecule has 0 heterocycles. The molecule has 0 bridgehead atoms. The van der Waals surface area contributed by atoms with Crippen LogP contribution in [0.25, 0.3) is 0 Å². The summed E-state index contributed by atoms with van der Waals surface area (Å²) < 4.78 is 17.8. The lowest BCUT2D eigenvalue weighted by atomic mass is 9.78. The Balaban J connectivity index is 1.74. The van der Waals surface area contributed by atoms with Gasteiger partial charge in [0.15, 0.2) is 0 Å². The largest absolute Gasteiger partial charge is 0.493 e. The van der Waals surface area contributed by atoms with Crippen LogP contribution >= 0.6 is 0 Å². The van der Waals surface area contributed by atoms with Gasteiger partial charge in [-0.25, -0.2) is 0 Å². The first-order chi connectivity index (χ1) is 15.4. The molecule has 0 aliphatic heterocycles. The highest BCUT2D eigenvalue weighted by molar-refractivity contribution is 5.32. The predicted octanol–water partition coefficient (Wildman–Crippen LogP) is 8.10. The van der Waals surface area contributed by atoms with Crippen LogP contribution in [0.1, 0.15) is 92.2 Å². The lowest BCUT2D eigenvalue weighted by molar-refractivity contribution is -0.0273. The highest BCUT2D eigenvalue weighted by Gasteiger charge is 2.26. The smallest absolute Gasteiger partial charge is 0.119 e. The number of rotatable bonds is 13. The third-order valence-electron chi connectivity index (χ3n) is 6.23. The molecule has 0 amide bonds. The molecule has 0 radical (unpaired) electrons. The van der Waals surface area contributed by atoms with Gasteiger partial charge in [-0.1, -0.05) is 65.8 Å². The zero-order valence-corrected chi connectivity index (χ0v) is 22.3. The minimum Gasteiger partial charge on any atom is -0.493 e. The summed E-state index contributed by atoms with van der Waals surface area (Å²) >= 11 is 0. The SMILES string of the molecule is CCCOC(C)(C)CCC(C)(C)c1ccc(OCCCOc2ccc(C(C)(C)C)cc2)cc1. The van der Waals surface area contributed by atoms with Crippen molar-refractivity contribution in [1.29, 1.82) is 0 Å². The Morgan fingerprint density at radius 3 is 1.55 bits per heavy atom. The van der Waals surface area contributed by atoms with Crippen LogP contribution in [0.4, 0.5) is 0 Å². The zero-order chi connectivity index (χ0) is 24.5. The second-order valence-corrected chi connectivity index (χ2v) is 11.3. The summed E-state index contributed by atoms with van der Waals surface area (Å²) in [5, 5.41) is 0. The predicted molar refractivity (Wildman–Crippen MR) is 140 cm³/mol. The molecule has 184 valence electrons. The van der Waals surface area contributed by atoms with Crippen molar-refractivity contribution in [2.24, 2.45) is 0 Å². The first-order valence-corrected chi connectivity index (χ1v) is 12.5. The highest BCUT2D eigenvalue weighted by atomic mass is 16.5. The van der Waals surface area contributed by atoms with Crippen molar-refractivity contribution in [1.82, 2.24) is 0 Å². The van der Waals surface area contributed by atoms with Gasteiger partial charge in [-0.2, -0.15) is 0 Å². The van der Waals surface area contributed by atoms with Crippen LogP contribution in [0.15, 0.2) is 48.5 Å². The molecule has 0 aromatic heterocycles. The van der Waals surface area contributed by atoms with E-state index in [0.717, 1.165) is 43.8 Å². The van der Waals surface area contributed by atoms with E-state index in [4.69, 9.17) is 14.2 Å². The van der Waals surface area contributed by atoms with Crippen LogP contribution in [0.2, 0.25) is 0 Å². The van der Waals surface area contributed by atoms with Gasteiger partial charge in [0.1, 0.15) is 11.5 Å². The molecule has 0 aliphatic rings. The van der Waals surface area contributed by atoms with E-state index in [9.17, 15) is 0 Å². The molecular formula is C30H46O3. The zero-order valence-electron chi connectivity index (χ0n) is 22.3. The third kappa shape index (κ3) is 9.41. The second kappa shape index (κ2) is 11.9. The first kappa shape index (κ1) is 27.2. The van der Waals surface area contributed by atoms with Crippen molar-refractivity contribution < 1.29 is 14.2 Å². The van der Waals surface area contributed by atoms with Crippen LogP contribution in [0.3, 0.4) is 0 Å². The minimum absolute atomic E-state index is 0.0764. The van der Waals surface area contributed by atoms with Crippen LogP contribution in [-0.4, -0.2) is 25.4 Å². The summed E-state index contributed by atoms with van der Waals surface area (Å²) in [4.78, 5) is 0. The Bertz CT molecular complexity index is 811. The van der Waals surface area contributed by atoms with Crippen LogP contribution in [-0.2, 0) is 15.6 Å². The Morgan fingerprint density at radius 1 is 0.606 bits per heavy atom. The van der Waals surface area contributed by atoms with Gasteiger partial charge in [-0.15, -0.1) is 0 Å². The van der Waals surface area contributed by atoms with E-state index in [2.05, 4.69) is 104 Å². The van der Waals surface area contributed by atoms with Gasteiger partial charge in [0, 0.05) is 13.0 Å². The summed E-state index contributed by atoms with van der Waals surface area (Å²) in [6.45, 7) is 19.9. The number of ether oxygens (including phenoxy) is 3. The van der Waals surface area contributed by atoms with Gasteiger partial charge in [0.05, 0.1) is 18.8 Å². The van der Waals surface area contributed by atoms with E-state index in [-0.39, 0.29) is 16.4 Å². The fraction of sp³-hybridized carbons (Fsp3) is 0.600. The van der Waals surface area contributed by atoms with E-state index < -0.39 is 0 Å². The van der Waals surface area contributed by atoms with Crippen LogP contribution < -0.4 is 9.47 Å². The molecule has 0 N–H and O–H groups in total. The van der Waals surface area contributed by atoms with E-state index in [1.165, 1.54) is 11.1 Å². The van der Waals surface area contributed by atoms with Gasteiger partial charge in [-0.3, -0.25) is 0 Å². The Morgan fingerprint density at radius 2 is 1.09 bits per heavy atom. The van der Waals surface area contributed by atoms with E-state index >= 15 is 0 Å². The maximum absolute atomic E-state index is 6.01. The summed E-state index contributed by atoms with van der Waals surface area (Å²) in [6.07, 6.45) is 4.03. The van der Waals surface area contributed by atoms with Crippen molar-refractivity contribution >= 4 is 0 Å². The van der Waals surface area contributed by atoms with Crippen molar-refractivity contribution in [3.05, 3.63) is 59.7 Å². The van der Waals surface area contributed by atoms with Crippen molar-refractivity contribution in [2.75, 3.05) is 19.8 Å². The molecule has 3 heteroatoms. The normalized spacial score (nSPS) is 12.6. The molecule has 0 saturated carbocycles. The molecule has 0 spiro atoms. The number of hydrogen-bond acceptors (Lipinski definition) is 3. The molecule has 0 saturated heterocycles. The lowest BCUT2D eigenvalue weighted by Crippen LogP contribution is -2.29. The van der Waals surface area contributed by atoms with Gasteiger partial charge < -0.3 is 14.2 Å². The van der Waals surface area contributed by atoms with Crippen molar-refractivity contribution in [3.63, 3.8) is 0 Å². The van der Waals surface area contributed by atoms with Crippen molar-refractivity contribution in [3.8, 4) is 11.5 Å². The molecule has 2 rings (SSSR count). The Hall–Kier alpha value is -2.00. The first-order valence-electron chi connectivity index (χ1n) is 12.5. The summed E-state index contributed by atoms with van der Waals surface area (Å²) in [5.41, 5.74) is 2.84. The maximum atomic E-state index is 6.01. The third-order valence-corrected chi connectivity index (χ3v) is 6.23.